The third-order valence-corrected chi connectivity index (χ3v) is 10.7. The summed E-state index contributed by atoms with van der Waals surface area (Å²) in [6, 6.07) is 20.5. The number of nitrogens with one attached hydrogen (secondary N) is 1. The standard InChI is InChI=1S/C38H47N5O8S/c1-5-50-36(46)34-30(24-31(39)35(44)45)29-16-15-28(23-32(29)40-34)52(48,49)43(18-17-26-11-7-6-8-12-26)25-27-13-9-10-14-33(27)41-19-21-42(22-20-41)37(47)51-38(2,3)4/h6-16,23,31,40H,5,17-22,24-25,39H2,1-4H3,(H,44,45)/t31-/m0/s1. The van der Waals surface area contributed by atoms with Crippen LogP contribution < -0.4 is 10.6 Å². The molecule has 3 aromatic carbocycles. The number of carboxylic acid groups (broad SMARTS) is 1. The second-order valence-corrected chi connectivity index (χ2v) is 15.7. The fraction of sp³-hybridized carbons (Fsp3) is 0.395. The lowest BCUT2D eigenvalue weighted by atomic mass is 10.0. The van der Waals surface area contributed by atoms with E-state index in [-0.39, 0.29) is 42.8 Å². The van der Waals surface area contributed by atoms with Gasteiger partial charge in [-0.1, -0.05) is 54.6 Å². The number of amides is 1. The second kappa shape index (κ2) is 16.2. The van der Waals surface area contributed by atoms with Gasteiger partial charge in [0.05, 0.1) is 11.5 Å². The van der Waals surface area contributed by atoms with E-state index in [2.05, 4.69) is 9.88 Å². The van der Waals surface area contributed by atoms with E-state index in [1.807, 2.05) is 75.4 Å². The highest BCUT2D eigenvalue weighted by atomic mass is 32.2. The van der Waals surface area contributed by atoms with Crippen LogP contribution in [0.2, 0.25) is 0 Å². The number of ether oxygens (including phenoxy) is 2. The van der Waals surface area contributed by atoms with Crippen LogP contribution in [0.25, 0.3) is 10.9 Å². The number of sulfonamides is 1. The van der Waals surface area contributed by atoms with E-state index in [0.717, 1.165) is 16.8 Å². The molecule has 1 aliphatic rings. The number of aromatic nitrogens is 1. The maximum Gasteiger partial charge on any atom is 0.410 e. The van der Waals surface area contributed by atoms with Crippen molar-refractivity contribution in [3.63, 3.8) is 0 Å². The number of hydrogen-bond acceptors (Lipinski definition) is 9. The number of rotatable bonds is 13. The lowest BCUT2D eigenvalue weighted by molar-refractivity contribution is -0.138. The number of H-pyrrole nitrogens is 1. The van der Waals surface area contributed by atoms with Gasteiger partial charge in [-0.15, -0.1) is 0 Å². The summed E-state index contributed by atoms with van der Waals surface area (Å²) in [5.41, 5.74) is 8.63. The zero-order valence-corrected chi connectivity index (χ0v) is 30.8. The lowest BCUT2D eigenvalue weighted by Crippen LogP contribution is -2.50. The molecule has 278 valence electrons. The molecule has 2 heterocycles. The Bertz CT molecular complexity index is 2000. The molecule has 13 nitrogen and oxygen atoms in total. The van der Waals surface area contributed by atoms with Crippen LogP contribution in [0.3, 0.4) is 0 Å². The van der Waals surface area contributed by atoms with Crippen LogP contribution in [0, 0.1) is 0 Å². The zero-order chi connectivity index (χ0) is 37.6. The maximum absolute atomic E-state index is 14.6. The van der Waals surface area contributed by atoms with Gasteiger partial charge in [-0.3, -0.25) is 4.79 Å². The van der Waals surface area contributed by atoms with Gasteiger partial charge in [0.2, 0.25) is 10.0 Å². The van der Waals surface area contributed by atoms with E-state index >= 15 is 0 Å². The highest BCUT2D eigenvalue weighted by Crippen LogP contribution is 2.31. The quantitative estimate of drug-likeness (QED) is 0.162. The number of anilines is 1. The number of piperazine rings is 1. The summed E-state index contributed by atoms with van der Waals surface area (Å²) in [5, 5.41) is 9.94. The van der Waals surface area contributed by atoms with Gasteiger partial charge in [-0.25, -0.2) is 18.0 Å². The smallest absolute Gasteiger partial charge is 0.410 e. The number of hydrogen-bond donors (Lipinski definition) is 3. The normalized spacial score (nSPS) is 14.4. The van der Waals surface area contributed by atoms with Crippen LogP contribution in [0.15, 0.2) is 77.7 Å². The molecule has 1 atom stereocenters. The van der Waals surface area contributed by atoms with E-state index in [1.54, 1.807) is 17.9 Å². The van der Waals surface area contributed by atoms with Crippen LogP contribution >= 0.6 is 0 Å². The summed E-state index contributed by atoms with van der Waals surface area (Å²) in [5.74, 6) is -1.92. The van der Waals surface area contributed by atoms with E-state index in [9.17, 15) is 27.9 Å². The molecule has 0 unspecified atom stereocenters. The summed E-state index contributed by atoms with van der Waals surface area (Å²) in [4.78, 5) is 44.0. The van der Waals surface area contributed by atoms with E-state index in [4.69, 9.17) is 15.2 Å². The Morgan fingerprint density at radius 3 is 2.31 bits per heavy atom. The van der Waals surface area contributed by atoms with Gasteiger partial charge in [0.25, 0.3) is 0 Å². The molecular formula is C38H47N5O8S. The summed E-state index contributed by atoms with van der Waals surface area (Å²) < 4.78 is 41.3. The fourth-order valence-electron chi connectivity index (χ4n) is 6.22. The number of esters is 1. The first kappa shape index (κ1) is 38.3. The molecule has 1 aromatic heterocycles. The number of benzene rings is 3. The van der Waals surface area contributed by atoms with Crippen molar-refractivity contribution in [1.29, 1.82) is 0 Å². The molecule has 1 amide bonds. The molecule has 0 spiro atoms. The predicted molar refractivity (Wildman–Crippen MR) is 198 cm³/mol. The largest absolute Gasteiger partial charge is 0.480 e. The molecule has 1 saturated heterocycles. The summed E-state index contributed by atoms with van der Waals surface area (Å²) in [7, 11) is -4.13. The molecule has 1 fully saturated rings. The van der Waals surface area contributed by atoms with Crippen LogP contribution in [-0.4, -0.2) is 96.7 Å². The number of carboxylic acids is 1. The van der Waals surface area contributed by atoms with Gasteiger partial charge in [-0.05, 0) is 69.0 Å². The van der Waals surface area contributed by atoms with Gasteiger partial charge >= 0.3 is 18.0 Å². The summed E-state index contributed by atoms with van der Waals surface area (Å²) in [6.07, 6.45) is -0.0585. The Morgan fingerprint density at radius 1 is 0.981 bits per heavy atom. The third-order valence-electron chi connectivity index (χ3n) is 8.84. The van der Waals surface area contributed by atoms with E-state index in [0.29, 0.717) is 49.1 Å². The highest BCUT2D eigenvalue weighted by Gasteiger charge is 2.30. The third kappa shape index (κ3) is 9.11. The average molecular weight is 734 g/mol. The summed E-state index contributed by atoms with van der Waals surface area (Å²) >= 11 is 0. The van der Waals surface area contributed by atoms with Crippen molar-refractivity contribution in [2.75, 3.05) is 44.2 Å². The first-order valence-corrected chi connectivity index (χ1v) is 18.8. The monoisotopic (exact) mass is 733 g/mol. The van der Waals surface area contributed by atoms with Crippen molar-refractivity contribution < 1.29 is 37.4 Å². The molecular weight excluding hydrogens is 687 g/mol. The lowest BCUT2D eigenvalue weighted by Gasteiger charge is -2.38. The number of aliphatic carboxylic acids is 1. The molecule has 0 radical (unpaired) electrons. The van der Waals surface area contributed by atoms with Gasteiger partial charge in [-0.2, -0.15) is 4.31 Å². The van der Waals surface area contributed by atoms with Crippen molar-refractivity contribution >= 4 is 44.6 Å². The van der Waals surface area contributed by atoms with Crippen LogP contribution in [-0.2, 0) is 43.7 Å². The molecule has 5 rings (SSSR count). The Morgan fingerprint density at radius 2 is 1.65 bits per heavy atom. The summed E-state index contributed by atoms with van der Waals surface area (Å²) in [6.45, 7) is 9.53. The number of fused-ring (bicyclic) bond motifs is 1. The van der Waals surface area contributed by atoms with Gasteiger partial charge in [0.1, 0.15) is 17.3 Å². The predicted octanol–water partition coefficient (Wildman–Crippen LogP) is 4.79. The number of nitrogens with two attached hydrogens (primary N) is 1. The second-order valence-electron chi connectivity index (χ2n) is 13.7. The average Bonchev–Trinajstić information content (AvgIpc) is 3.47. The maximum atomic E-state index is 14.6. The van der Waals surface area contributed by atoms with Crippen LogP contribution in [0.1, 0.15) is 54.9 Å². The first-order valence-electron chi connectivity index (χ1n) is 17.3. The fourth-order valence-corrected chi connectivity index (χ4v) is 7.67. The van der Waals surface area contributed by atoms with Gasteiger partial charge < -0.3 is 35.1 Å². The Balaban J connectivity index is 1.47. The zero-order valence-electron chi connectivity index (χ0n) is 30.0. The Hall–Kier alpha value is -4.92. The minimum atomic E-state index is -4.13. The van der Waals surface area contributed by atoms with E-state index in [1.165, 1.54) is 16.4 Å². The van der Waals surface area contributed by atoms with Crippen molar-refractivity contribution in [3.05, 3.63) is 95.2 Å². The van der Waals surface area contributed by atoms with Gasteiger partial charge in [0, 0.05) is 62.3 Å². The van der Waals surface area contributed by atoms with E-state index < -0.39 is 33.6 Å². The number of nitrogens with zero attached hydrogens (tertiary/aromatic N) is 3. The first-order chi connectivity index (χ1) is 24.7. The molecule has 14 heteroatoms. The van der Waals surface area contributed by atoms with Crippen LogP contribution in [0.5, 0.6) is 0 Å². The minimum Gasteiger partial charge on any atom is -0.480 e. The molecule has 52 heavy (non-hydrogen) atoms. The Kier molecular flexibility index (Phi) is 11.9. The molecule has 4 N–H and O–H groups in total. The molecule has 0 aliphatic carbocycles. The SMILES string of the molecule is CCOC(=O)c1[nH]c2cc(S(=O)(=O)N(CCc3ccccc3)Cc3ccccc3N3CCN(C(=O)OC(C)(C)C)CC3)ccc2c1C[C@H](N)C(=O)O. The van der Waals surface area contributed by atoms with Crippen molar-refractivity contribution in [2.24, 2.45) is 5.73 Å². The van der Waals surface area contributed by atoms with Crippen molar-refractivity contribution in [3.8, 4) is 0 Å². The Labute approximate surface area is 304 Å². The molecule has 0 bridgehead atoms. The number of carbonyl (C=O) groups excluding carboxylic acids is 2. The molecule has 1 aliphatic heterocycles. The topological polar surface area (TPSA) is 176 Å². The number of aromatic amines is 1. The highest BCUT2D eigenvalue weighted by molar-refractivity contribution is 7.89. The van der Waals surface area contributed by atoms with Crippen molar-refractivity contribution in [1.82, 2.24) is 14.2 Å². The minimum absolute atomic E-state index is 0.00209. The molecule has 0 saturated carbocycles. The number of carbonyl (C=O) groups is 3. The van der Waals surface area contributed by atoms with Gasteiger partial charge in [0.15, 0.2) is 0 Å². The number of para-hydroxylation sites is 1. The van der Waals surface area contributed by atoms with Crippen molar-refractivity contribution in [2.45, 2.75) is 63.6 Å². The molecule has 4 aromatic rings. The van der Waals surface area contributed by atoms with Crippen LogP contribution in [0.4, 0.5) is 10.5 Å².